The van der Waals surface area contributed by atoms with E-state index in [4.69, 9.17) is 0 Å². The lowest BCUT2D eigenvalue weighted by Crippen LogP contribution is -2.38. The highest BCUT2D eigenvalue weighted by molar-refractivity contribution is 5.78. The Hall–Kier alpha value is -0.530. The summed E-state index contributed by atoms with van der Waals surface area (Å²) >= 11 is 0. The summed E-state index contributed by atoms with van der Waals surface area (Å²) in [5.74, 6) is 0.537. The summed E-state index contributed by atoms with van der Waals surface area (Å²) in [6.07, 6.45) is 5.80. The third-order valence-corrected chi connectivity index (χ3v) is 3.85. The van der Waals surface area contributed by atoms with Crippen molar-refractivity contribution in [1.29, 1.82) is 0 Å². The molecule has 1 rings (SSSR count). The van der Waals surface area contributed by atoms with E-state index in [0.717, 1.165) is 12.8 Å². The highest BCUT2D eigenvalue weighted by Crippen LogP contribution is 2.40. The van der Waals surface area contributed by atoms with Gasteiger partial charge in [-0.2, -0.15) is 0 Å². The van der Waals surface area contributed by atoms with Crippen molar-refractivity contribution in [3.63, 3.8) is 0 Å². The lowest BCUT2D eigenvalue weighted by Gasteiger charge is -2.36. The van der Waals surface area contributed by atoms with Gasteiger partial charge in [-0.15, -0.1) is 0 Å². The van der Waals surface area contributed by atoms with E-state index in [-0.39, 0.29) is 17.9 Å². The minimum Gasteiger partial charge on any atom is -0.354 e. The van der Waals surface area contributed by atoms with Gasteiger partial charge in [-0.1, -0.05) is 20.3 Å². The molecule has 15 heavy (non-hydrogen) atoms. The van der Waals surface area contributed by atoms with Crippen molar-refractivity contribution >= 4 is 5.91 Å². The molecule has 0 saturated heterocycles. The van der Waals surface area contributed by atoms with Gasteiger partial charge in [0.15, 0.2) is 0 Å². The van der Waals surface area contributed by atoms with Crippen LogP contribution in [0, 0.1) is 11.3 Å². The zero-order chi connectivity index (χ0) is 11.5. The largest absolute Gasteiger partial charge is 0.354 e. The molecule has 2 nitrogen and oxygen atoms in total. The minimum absolute atomic E-state index is 0.267. The molecule has 1 fully saturated rings. The predicted molar refractivity (Wildman–Crippen MR) is 63.6 cm³/mol. The van der Waals surface area contributed by atoms with Crippen LogP contribution in [0.1, 0.15) is 59.8 Å². The van der Waals surface area contributed by atoms with E-state index in [9.17, 15) is 4.79 Å². The Bertz CT molecular complexity index is 215. The SMILES string of the molecule is CCC1(C)CCC(C(=O)NC(C)C)CC1. The molecule has 0 heterocycles. The van der Waals surface area contributed by atoms with Crippen molar-refractivity contribution in [2.75, 3.05) is 0 Å². The number of amides is 1. The van der Waals surface area contributed by atoms with Gasteiger partial charge in [0.25, 0.3) is 0 Å². The van der Waals surface area contributed by atoms with Gasteiger partial charge in [-0.3, -0.25) is 4.79 Å². The molecule has 1 saturated carbocycles. The molecule has 0 bridgehead atoms. The van der Waals surface area contributed by atoms with Gasteiger partial charge in [-0.25, -0.2) is 0 Å². The zero-order valence-electron chi connectivity index (χ0n) is 10.6. The Morgan fingerprint density at radius 2 is 1.93 bits per heavy atom. The van der Waals surface area contributed by atoms with Crippen molar-refractivity contribution in [1.82, 2.24) is 5.32 Å². The second-order valence-electron chi connectivity index (χ2n) is 5.60. The normalized spacial score (nSPS) is 31.7. The van der Waals surface area contributed by atoms with Crippen molar-refractivity contribution in [3.05, 3.63) is 0 Å². The molecule has 88 valence electrons. The van der Waals surface area contributed by atoms with E-state index >= 15 is 0 Å². The summed E-state index contributed by atoms with van der Waals surface area (Å²) in [7, 11) is 0. The lowest BCUT2D eigenvalue weighted by atomic mass is 9.70. The van der Waals surface area contributed by atoms with Gasteiger partial charge in [0.1, 0.15) is 0 Å². The van der Waals surface area contributed by atoms with E-state index < -0.39 is 0 Å². The van der Waals surface area contributed by atoms with Crippen LogP contribution in [-0.4, -0.2) is 11.9 Å². The molecule has 0 aromatic heterocycles. The maximum Gasteiger partial charge on any atom is 0.223 e. The van der Waals surface area contributed by atoms with Crippen LogP contribution >= 0.6 is 0 Å². The molecule has 1 aliphatic rings. The van der Waals surface area contributed by atoms with Crippen LogP contribution in [0.5, 0.6) is 0 Å². The molecule has 1 N–H and O–H groups in total. The molecule has 2 heteroatoms. The first-order chi connectivity index (χ1) is 6.97. The van der Waals surface area contributed by atoms with Crippen molar-refractivity contribution in [3.8, 4) is 0 Å². The quantitative estimate of drug-likeness (QED) is 0.763. The molecule has 0 aromatic carbocycles. The third kappa shape index (κ3) is 3.51. The summed E-state index contributed by atoms with van der Waals surface area (Å²) in [5.41, 5.74) is 0.495. The first-order valence-electron chi connectivity index (χ1n) is 6.27. The van der Waals surface area contributed by atoms with Crippen molar-refractivity contribution in [2.24, 2.45) is 11.3 Å². The molecule has 0 aromatic rings. The predicted octanol–water partition coefficient (Wildman–Crippen LogP) is 3.12. The Balaban J connectivity index is 2.40. The molecule has 0 radical (unpaired) electrons. The van der Waals surface area contributed by atoms with Crippen molar-refractivity contribution in [2.45, 2.75) is 65.8 Å². The van der Waals surface area contributed by atoms with E-state index in [2.05, 4.69) is 19.2 Å². The number of hydrogen-bond donors (Lipinski definition) is 1. The molecule has 0 unspecified atom stereocenters. The fraction of sp³-hybridized carbons (Fsp3) is 0.923. The van der Waals surface area contributed by atoms with Crippen LogP contribution in [0.15, 0.2) is 0 Å². The van der Waals surface area contributed by atoms with Crippen LogP contribution in [0.4, 0.5) is 0 Å². The van der Waals surface area contributed by atoms with Gasteiger partial charge >= 0.3 is 0 Å². The smallest absolute Gasteiger partial charge is 0.223 e. The Morgan fingerprint density at radius 3 is 2.33 bits per heavy atom. The number of rotatable bonds is 3. The second-order valence-corrected chi connectivity index (χ2v) is 5.60. The highest BCUT2D eigenvalue weighted by atomic mass is 16.1. The van der Waals surface area contributed by atoms with Gasteiger partial charge < -0.3 is 5.32 Å². The summed E-state index contributed by atoms with van der Waals surface area (Å²) in [6.45, 7) is 8.66. The zero-order valence-corrected chi connectivity index (χ0v) is 10.6. The molecule has 1 amide bonds. The van der Waals surface area contributed by atoms with E-state index in [0.29, 0.717) is 5.41 Å². The molecule has 1 aliphatic carbocycles. The molecular formula is C13H25NO. The number of nitrogens with one attached hydrogen (secondary N) is 1. The van der Waals surface area contributed by atoms with Gasteiger partial charge in [-0.05, 0) is 44.9 Å². The maximum atomic E-state index is 11.8. The topological polar surface area (TPSA) is 29.1 Å². The average Bonchev–Trinajstić information content (AvgIpc) is 2.18. The fourth-order valence-corrected chi connectivity index (χ4v) is 2.33. The van der Waals surface area contributed by atoms with Crippen LogP contribution in [0.3, 0.4) is 0 Å². The average molecular weight is 211 g/mol. The number of hydrogen-bond acceptors (Lipinski definition) is 1. The summed E-state index contributed by atoms with van der Waals surface area (Å²) in [6, 6.07) is 0.275. The van der Waals surface area contributed by atoms with Gasteiger partial charge in [0.2, 0.25) is 5.91 Å². The Labute approximate surface area is 93.8 Å². The first kappa shape index (κ1) is 12.5. The molecule has 0 atom stereocenters. The van der Waals surface area contributed by atoms with Crippen LogP contribution in [0.25, 0.3) is 0 Å². The molecule has 0 spiro atoms. The van der Waals surface area contributed by atoms with Crippen LogP contribution < -0.4 is 5.32 Å². The second kappa shape index (κ2) is 5.00. The maximum absolute atomic E-state index is 11.8. The first-order valence-corrected chi connectivity index (χ1v) is 6.27. The number of carbonyl (C=O) groups excluding carboxylic acids is 1. The summed E-state index contributed by atoms with van der Waals surface area (Å²) in [4.78, 5) is 11.8. The number of carbonyl (C=O) groups is 1. The van der Waals surface area contributed by atoms with E-state index in [1.165, 1.54) is 19.3 Å². The summed E-state index contributed by atoms with van der Waals surface area (Å²) in [5, 5.41) is 3.02. The van der Waals surface area contributed by atoms with E-state index in [1.54, 1.807) is 0 Å². The molecular weight excluding hydrogens is 186 g/mol. The lowest BCUT2D eigenvalue weighted by molar-refractivity contribution is -0.127. The Morgan fingerprint density at radius 1 is 1.40 bits per heavy atom. The van der Waals surface area contributed by atoms with Crippen LogP contribution in [0.2, 0.25) is 0 Å². The Kier molecular flexibility index (Phi) is 4.18. The third-order valence-electron chi connectivity index (χ3n) is 3.85. The van der Waals surface area contributed by atoms with Gasteiger partial charge in [0, 0.05) is 12.0 Å². The van der Waals surface area contributed by atoms with Crippen molar-refractivity contribution < 1.29 is 4.79 Å². The molecule has 0 aliphatic heterocycles. The monoisotopic (exact) mass is 211 g/mol. The standard InChI is InChI=1S/C13H25NO/c1-5-13(4)8-6-11(7-9-13)12(15)14-10(2)3/h10-11H,5-9H2,1-4H3,(H,14,15). The van der Waals surface area contributed by atoms with Crippen LogP contribution in [-0.2, 0) is 4.79 Å². The van der Waals surface area contributed by atoms with Gasteiger partial charge in [0.05, 0.1) is 0 Å². The fourth-order valence-electron chi connectivity index (χ4n) is 2.33. The minimum atomic E-state index is 0.267. The van der Waals surface area contributed by atoms with E-state index in [1.807, 2.05) is 13.8 Å². The highest BCUT2D eigenvalue weighted by Gasteiger charge is 2.32. The summed E-state index contributed by atoms with van der Waals surface area (Å²) < 4.78 is 0.